The van der Waals surface area contributed by atoms with E-state index in [2.05, 4.69) is 10.0 Å². The molecule has 1 aromatic rings. The number of piperidine rings is 1. The van der Waals surface area contributed by atoms with Crippen LogP contribution >= 0.6 is 0 Å². The van der Waals surface area contributed by atoms with E-state index in [4.69, 9.17) is 4.74 Å². The highest BCUT2D eigenvalue weighted by molar-refractivity contribution is 7.89. The van der Waals surface area contributed by atoms with Gasteiger partial charge in [-0.1, -0.05) is 31.5 Å². The normalized spacial score (nSPS) is 16.8. The molecule has 2 N–H and O–H groups in total. The van der Waals surface area contributed by atoms with E-state index in [1.54, 1.807) is 17.0 Å². The van der Waals surface area contributed by atoms with Crippen LogP contribution in [0.3, 0.4) is 0 Å². The molecule has 0 spiro atoms. The second kappa shape index (κ2) is 11.6. The Labute approximate surface area is 196 Å². The molecule has 1 aliphatic heterocycles. The van der Waals surface area contributed by atoms with Gasteiger partial charge in [-0.2, -0.15) is 4.72 Å². The molecule has 1 aromatic carbocycles. The van der Waals surface area contributed by atoms with Crippen LogP contribution in [0.4, 0.5) is 0 Å². The number of ether oxygens (including phenoxy) is 1. The van der Waals surface area contributed by atoms with Gasteiger partial charge < -0.3 is 15.0 Å². The van der Waals surface area contributed by atoms with Crippen molar-refractivity contribution in [3.05, 3.63) is 29.8 Å². The van der Waals surface area contributed by atoms with Crippen LogP contribution in [0.1, 0.15) is 45.6 Å². The predicted octanol–water partition coefficient (Wildman–Crippen LogP) is 1.60. The number of nitrogens with one attached hydrogen (secondary N) is 2. The summed E-state index contributed by atoms with van der Waals surface area (Å²) in [6, 6.07) is 4.76. The van der Waals surface area contributed by atoms with E-state index in [0.717, 1.165) is 5.56 Å². The third-order valence-corrected chi connectivity index (χ3v) is 7.28. The Hall–Kier alpha value is -2.46. The third-order valence-electron chi connectivity index (χ3n) is 5.72. The van der Waals surface area contributed by atoms with Crippen molar-refractivity contribution >= 4 is 27.8 Å². The van der Waals surface area contributed by atoms with E-state index >= 15 is 0 Å². The van der Waals surface area contributed by atoms with Crippen molar-refractivity contribution < 1.29 is 27.5 Å². The Morgan fingerprint density at radius 1 is 1.09 bits per heavy atom. The number of aryl methyl sites for hydroxylation is 1. The van der Waals surface area contributed by atoms with Gasteiger partial charge in [-0.15, -0.1) is 0 Å². The number of esters is 1. The maximum Gasteiger partial charge on any atom is 0.328 e. The van der Waals surface area contributed by atoms with Crippen molar-refractivity contribution in [3.63, 3.8) is 0 Å². The molecule has 2 rings (SSSR count). The number of likely N-dealkylation sites (tertiary alicyclic amines) is 1. The number of carbonyl (C=O) groups is 3. The third kappa shape index (κ3) is 7.53. The summed E-state index contributed by atoms with van der Waals surface area (Å²) in [4.78, 5) is 39.1. The van der Waals surface area contributed by atoms with Crippen LogP contribution in [0.15, 0.2) is 29.2 Å². The fourth-order valence-corrected chi connectivity index (χ4v) is 5.02. The average molecular weight is 482 g/mol. The largest absolute Gasteiger partial charge is 0.467 e. The second-order valence-electron chi connectivity index (χ2n) is 8.97. The average Bonchev–Trinajstić information content (AvgIpc) is 2.77. The number of sulfonamides is 1. The zero-order chi connectivity index (χ0) is 24.8. The number of amides is 2. The molecule has 10 heteroatoms. The van der Waals surface area contributed by atoms with E-state index in [1.165, 1.54) is 26.2 Å². The number of benzene rings is 1. The molecule has 1 aliphatic rings. The van der Waals surface area contributed by atoms with Gasteiger partial charge in [-0.05, 0) is 51.2 Å². The molecule has 1 heterocycles. The minimum absolute atomic E-state index is 0.102. The van der Waals surface area contributed by atoms with Gasteiger partial charge >= 0.3 is 5.97 Å². The molecule has 184 valence electrons. The van der Waals surface area contributed by atoms with Gasteiger partial charge in [-0.25, -0.2) is 13.2 Å². The maximum absolute atomic E-state index is 12.8. The molecule has 2 amide bonds. The summed E-state index contributed by atoms with van der Waals surface area (Å²) in [5.41, 5.74) is 0.937. The molecule has 0 aromatic heterocycles. The zero-order valence-electron chi connectivity index (χ0n) is 20.0. The van der Waals surface area contributed by atoms with E-state index in [9.17, 15) is 22.8 Å². The molecule has 1 fully saturated rings. The lowest BCUT2D eigenvalue weighted by Gasteiger charge is -2.33. The van der Waals surface area contributed by atoms with Crippen molar-refractivity contribution in [2.24, 2.45) is 11.8 Å². The zero-order valence-corrected chi connectivity index (χ0v) is 20.8. The predicted molar refractivity (Wildman–Crippen MR) is 124 cm³/mol. The van der Waals surface area contributed by atoms with Crippen LogP contribution in [0.5, 0.6) is 0 Å². The van der Waals surface area contributed by atoms with E-state index in [-0.39, 0.29) is 28.5 Å². The molecule has 33 heavy (non-hydrogen) atoms. The summed E-state index contributed by atoms with van der Waals surface area (Å²) in [6.45, 7) is 7.96. The van der Waals surface area contributed by atoms with E-state index < -0.39 is 28.1 Å². The van der Waals surface area contributed by atoms with Gasteiger partial charge in [0, 0.05) is 19.0 Å². The first-order chi connectivity index (χ1) is 15.4. The Morgan fingerprint density at radius 2 is 1.67 bits per heavy atom. The molecular formula is C23H35N3O6S. The van der Waals surface area contributed by atoms with Crippen molar-refractivity contribution in [2.75, 3.05) is 20.2 Å². The lowest BCUT2D eigenvalue weighted by molar-refractivity contribution is -0.146. The van der Waals surface area contributed by atoms with Crippen molar-refractivity contribution in [2.45, 2.75) is 63.9 Å². The first-order valence-electron chi connectivity index (χ1n) is 11.2. The second-order valence-corrected chi connectivity index (χ2v) is 10.7. The van der Waals surface area contributed by atoms with E-state index in [1.807, 2.05) is 20.8 Å². The summed E-state index contributed by atoms with van der Waals surface area (Å²) in [5, 5.41) is 2.78. The highest BCUT2D eigenvalue weighted by atomic mass is 32.2. The Kier molecular flexibility index (Phi) is 9.42. The highest BCUT2D eigenvalue weighted by Crippen LogP contribution is 2.20. The summed E-state index contributed by atoms with van der Waals surface area (Å²) in [6.07, 6.45) is 1.35. The number of hydrogen-bond acceptors (Lipinski definition) is 6. The Bertz CT molecular complexity index is 937. The lowest BCUT2D eigenvalue weighted by atomic mass is 9.94. The molecule has 0 unspecified atom stereocenters. The molecule has 1 saturated heterocycles. The maximum atomic E-state index is 12.8. The summed E-state index contributed by atoms with van der Waals surface area (Å²) < 4.78 is 32.4. The lowest BCUT2D eigenvalue weighted by Crippen LogP contribution is -2.51. The number of hydrogen-bond donors (Lipinski definition) is 2. The highest BCUT2D eigenvalue weighted by Gasteiger charge is 2.33. The Balaban J connectivity index is 1.91. The number of rotatable bonds is 9. The van der Waals surface area contributed by atoms with E-state index in [0.29, 0.717) is 32.4 Å². The van der Waals surface area contributed by atoms with Gasteiger partial charge in [0.15, 0.2) is 0 Å². The smallest absolute Gasteiger partial charge is 0.328 e. The van der Waals surface area contributed by atoms with Crippen LogP contribution in [-0.4, -0.2) is 63.4 Å². The standard InChI is InChI=1S/C23H35N3O6S/c1-15(2)14-20(23(29)32-5)24-21(27)18-10-12-26(13-11-18)22(28)17(4)25-33(30,31)19-8-6-16(3)7-9-19/h6-9,15,17-18,20,25H,10-14H2,1-5H3,(H,24,27)/t17-,20-/m0/s1. The molecule has 0 radical (unpaired) electrons. The molecule has 0 bridgehead atoms. The summed E-state index contributed by atoms with van der Waals surface area (Å²) in [7, 11) is -2.53. The fraction of sp³-hybridized carbons (Fsp3) is 0.609. The fourth-order valence-electron chi connectivity index (χ4n) is 3.82. The minimum Gasteiger partial charge on any atom is -0.467 e. The number of nitrogens with zero attached hydrogens (tertiary/aromatic N) is 1. The quantitative estimate of drug-likeness (QED) is 0.517. The van der Waals surface area contributed by atoms with Crippen molar-refractivity contribution in [3.8, 4) is 0 Å². The van der Waals surface area contributed by atoms with Crippen LogP contribution in [0, 0.1) is 18.8 Å². The minimum atomic E-state index is -3.82. The molecule has 0 aliphatic carbocycles. The monoisotopic (exact) mass is 481 g/mol. The first-order valence-corrected chi connectivity index (χ1v) is 12.7. The van der Waals surface area contributed by atoms with Crippen LogP contribution in [0.2, 0.25) is 0 Å². The van der Waals surface area contributed by atoms with Crippen LogP contribution in [-0.2, 0) is 29.1 Å². The topological polar surface area (TPSA) is 122 Å². The Morgan fingerprint density at radius 3 is 2.18 bits per heavy atom. The molecule has 0 saturated carbocycles. The number of carbonyl (C=O) groups excluding carboxylic acids is 3. The van der Waals surface area contributed by atoms with Crippen LogP contribution < -0.4 is 10.0 Å². The first kappa shape index (κ1) is 26.8. The molecular weight excluding hydrogens is 446 g/mol. The van der Waals surface area contributed by atoms with Crippen molar-refractivity contribution in [1.29, 1.82) is 0 Å². The van der Waals surface area contributed by atoms with Crippen LogP contribution in [0.25, 0.3) is 0 Å². The summed E-state index contributed by atoms with van der Waals surface area (Å²) >= 11 is 0. The van der Waals surface area contributed by atoms with Gasteiger partial charge in [0.05, 0.1) is 18.0 Å². The molecule has 2 atom stereocenters. The van der Waals surface area contributed by atoms with Gasteiger partial charge in [-0.3, -0.25) is 9.59 Å². The SMILES string of the molecule is COC(=O)[C@H](CC(C)C)NC(=O)C1CCN(C(=O)[C@H](C)NS(=O)(=O)c2ccc(C)cc2)CC1. The number of methoxy groups -OCH3 is 1. The van der Waals surface area contributed by atoms with Gasteiger partial charge in [0.1, 0.15) is 6.04 Å². The van der Waals surface area contributed by atoms with Gasteiger partial charge in [0.25, 0.3) is 0 Å². The summed E-state index contributed by atoms with van der Waals surface area (Å²) in [5.74, 6) is -1.16. The molecule has 9 nitrogen and oxygen atoms in total. The van der Waals surface area contributed by atoms with Gasteiger partial charge in [0.2, 0.25) is 21.8 Å². The van der Waals surface area contributed by atoms with Crippen molar-refractivity contribution in [1.82, 2.24) is 14.9 Å².